The molecule has 0 aliphatic carbocycles. The van der Waals surface area contributed by atoms with E-state index < -0.39 is 23.4 Å². The highest BCUT2D eigenvalue weighted by atomic mass is 16.6. The molecule has 2 amide bonds. The zero-order chi connectivity index (χ0) is 22.4. The van der Waals surface area contributed by atoms with Crippen molar-refractivity contribution in [2.24, 2.45) is 0 Å². The van der Waals surface area contributed by atoms with Gasteiger partial charge in [-0.25, -0.2) is 14.5 Å². The molecule has 0 aromatic rings. The second kappa shape index (κ2) is 10.8. The van der Waals surface area contributed by atoms with Crippen molar-refractivity contribution in [1.82, 2.24) is 4.90 Å². The van der Waals surface area contributed by atoms with Gasteiger partial charge in [-0.1, -0.05) is 6.42 Å². The van der Waals surface area contributed by atoms with E-state index in [1.807, 2.05) is 35.3 Å². The molecule has 0 aromatic carbocycles. The number of hydrogen-bond acceptors (Lipinski definition) is 4. The summed E-state index contributed by atoms with van der Waals surface area (Å²) in [6.45, 7) is 10.9. The Morgan fingerprint density at radius 1 is 0.833 bits per heavy atom. The molecule has 2 heterocycles. The van der Waals surface area contributed by atoms with Crippen LogP contribution in [0.15, 0.2) is 0 Å². The van der Waals surface area contributed by atoms with Crippen molar-refractivity contribution in [3.8, 4) is 0 Å². The summed E-state index contributed by atoms with van der Waals surface area (Å²) in [5, 5.41) is -0.204. The predicted octanol–water partition coefficient (Wildman–Crippen LogP) is 0.190. The van der Waals surface area contributed by atoms with Crippen LogP contribution in [-0.4, -0.2) is 106 Å². The number of carbonyl (C=O) groups excluding carboxylic acids is 2. The van der Waals surface area contributed by atoms with Gasteiger partial charge in [0.2, 0.25) is 0 Å². The summed E-state index contributed by atoms with van der Waals surface area (Å²) in [4.78, 5) is 26.4. The maximum absolute atomic E-state index is 12.7. The van der Waals surface area contributed by atoms with Crippen molar-refractivity contribution in [1.29, 1.82) is 0 Å². The normalized spacial score (nSPS) is 22.8. The Labute approximate surface area is 190 Å². The van der Waals surface area contributed by atoms with Crippen molar-refractivity contribution >= 4 is 83.5 Å². The van der Waals surface area contributed by atoms with Gasteiger partial charge in [0.25, 0.3) is 0 Å². The van der Waals surface area contributed by atoms with Crippen LogP contribution in [-0.2, 0) is 9.47 Å². The molecule has 2 aliphatic rings. The number of rotatable bonds is 4. The summed E-state index contributed by atoms with van der Waals surface area (Å²) in [5.74, 6) is 0. The summed E-state index contributed by atoms with van der Waals surface area (Å²) in [7, 11) is 21.1. The fourth-order valence-corrected chi connectivity index (χ4v) is 3.29. The van der Waals surface area contributed by atoms with Crippen LogP contribution in [0.2, 0.25) is 10.7 Å². The van der Waals surface area contributed by atoms with E-state index in [9.17, 15) is 9.59 Å². The molecule has 2 rings (SSSR count). The van der Waals surface area contributed by atoms with Crippen LogP contribution in [0, 0.1) is 0 Å². The zero-order valence-electron chi connectivity index (χ0n) is 19.1. The molecule has 2 fully saturated rings. The first-order chi connectivity index (χ1) is 13.9. The topological polar surface area (TPSA) is 55.8 Å². The average molecular weight is 391 g/mol. The molecule has 15 heteroatoms. The Kier molecular flexibility index (Phi) is 9.24. The molecule has 2 unspecified atom stereocenters. The Morgan fingerprint density at radius 3 is 2.00 bits per heavy atom. The summed E-state index contributed by atoms with van der Waals surface area (Å²) in [6, 6.07) is 0. The molecule has 2 aliphatic heterocycles. The van der Waals surface area contributed by atoms with E-state index in [1.54, 1.807) is 41.5 Å². The van der Waals surface area contributed by atoms with E-state index >= 15 is 0 Å². The van der Waals surface area contributed by atoms with Crippen LogP contribution >= 0.6 is 0 Å². The Morgan fingerprint density at radius 2 is 1.40 bits per heavy atom. The van der Waals surface area contributed by atoms with Crippen molar-refractivity contribution in [2.75, 3.05) is 6.54 Å². The third kappa shape index (κ3) is 8.86. The molecule has 0 N–H and O–H groups in total. The van der Waals surface area contributed by atoms with Gasteiger partial charge >= 0.3 is 12.2 Å². The van der Waals surface area contributed by atoms with Crippen molar-refractivity contribution in [3.05, 3.63) is 0 Å². The predicted molar refractivity (Wildman–Crippen MR) is 132 cm³/mol. The van der Waals surface area contributed by atoms with E-state index in [4.69, 9.17) is 9.47 Å². The van der Waals surface area contributed by atoms with Crippen LogP contribution in [0.3, 0.4) is 0 Å². The van der Waals surface area contributed by atoms with E-state index in [-0.39, 0.29) is 17.3 Å². The first-order valence-electron chi connectivity index (χ1n) is 10.5. The van der Waals surface area contributed by atoms with Crippen molar-refractivity contribution in [3.63, 3.8) is 0 Å². The number of imide groups is 1. The van der Waals surface area contributed by atoms with E-state index in [1.165, 1.54) is 0 Å². The standard InChI is InChI=1S/C15H25B10NO4/c1-13(2,3)29-11(27)26(12(28)30-14(4,5)6)9-7-8-15-16-10(17-19-15)18-21-23-25-24-22-20-15/h10H,7-9H2,1-6H3. The maximum atomic E-state index is 12.7. The third-order valence-electron chi connectivity index (χ3n) is 4.54. The fraction of sp³-hybridized carbons (Fsp3) is 0.867. The molecule has 144 valence electrons. The number of amides is 2. The Balaban J connectivity index is 2.00. The van der Waals surface area contributed by atoms with Crippen LogP contribution in [0.1, 0.15) is 54.4 Å². The average Bonchev–Trinajstić information content (AvgIpc) is 2.97. The lowest BCUT2D eigenvalue weighted by atomic mass is 8.89. The van der Waals surface area contributed by atoms with Crippen molar-refractivity contribution in [2.45, 2.75) is 76.3 Å². The summed E-state index contributed by atoms with van der Waals surface area (Å²) < 4.78 is 10.9. The summed E-state index contributed by atoms with van der Waals surface area (Å²) >= 11 is 0. The molecule has 0 aromatic heterocycles. The molecule has 2 bridgehead atoms. The highest BCUT2D eigenvalue weighted by Crippen LogP contribution is 2.36. The molecule has 2 atom stereocenters. The number of fused-ring (bicyclic) bond motifs is 2. The highest BCUT2D eigenvalue weighted by Gasteiger charge is 2.40. The first-order valence-corrected chi connectivity index (χ1v) is 10.5. The number of nitrogens with zero attached hydrogens (tertiary/aromatic N) is 1. The highest BCUT2D eigenvalue weighted by molar-refractivity contribution is 7.64. The molecule has 5 nitrogen and oxygen atoms in total. The van der Waals surface area contributed by atoms with Gasteiger partial charge in [-0.15, -0.1) is 10.7 Å². The van der Waals surface area contributed by atoms with Gasteiger partial charge in [0, 0.05) is 63.4 Å². The van der Waals surface area contributed by atoms with E-state index in [2.05, 4.69) is 36.0 Å². The third-order valence-corrected chi connectivity index (χ3v) is 4.54. The maximum Gasteiger partial charge on any atom is 0.419 e. The van der Waals surface area contributed by atoms with Crippen LogP contribution in [0.5, 0.6) is 0 Å². The van der Waals surface area contributed by atoms with Crippen LogP contribution in [0.4, 0.5) is 9.59 Å². The van der Waals surface area contributed by atoms with Crippen LogP contribution < -0.4 is 0 Å². The number of carbonyl (C=O) groups is 2. The minimum Gasteiger partial charge on any atom is -0.443 e. The summed E-state index contributed by atoms with van der Waals surface area (Å²) in [5.41, 5.74) is -1.12. The minimum absolute atomic E-state index is 0.204. The lowest BCUT2D eigenvalue weighted by Crippen LogP contribution is -2.44. The smallest absolute Gasteiger partial charge is 0.419 e. The SMILES string of the molecule is CC(C)(C)OC(=O)N(CCCC12[B][B][B][B][B][B][B]C([B][B]1)[B]2)C(=O)OC(C)(C)C. The van der Waals surface area contributed by atoms with Crippen LogP contribution in [0.25, 0.3) is 0 Å². The van der Waals surface area contributed by atoms with Gasteiger partial charge in [0.15, 0.2) is 0 Å². The van der Waals surface area contributed by atoms with Gasteiger partial charge in [-0.3, -0.25) is 0 Å². The molecular formula is C15H25B10NO4. The Bertz CT molecular complexity index is 571. The van der Waals surface area contributed by atoms with E-state index in [0.29, 0.717) is 6.42 Å². The lowest BCUT2D eigenvalue weighted by Gasteiger charge is -2.32. The summed E-state index contributed by atoms with van der Waals surface area (Å²) in [6.07, 6.45) is 0.0295. The van der Waals surface area contributed by atoms with Gasteiger partial charge in [-0.05, 0) is 48.0 Å². The lowest BCUT2D eigenvalue weighted by molar-refractivity contribution is 0.00121. The Hall–Kier alpha value is -0.611. The van der Waals surface area contributed by atoms with E-state index in [0.717, 1.165) is 11.3 Å². The minimum atomic E-state index is -0.695. The zero-order valence-corrected chi connectivity index (χ0v) is 19.1. The second-order valence-corrected chi connectivity index (χ2v) is 9.75. The largest absolute Gasteiger partial charge is 0.443 e. The quantitative estimate of drug-likeness (QED) is 0.642. The molecule has 0 spiro atoms. The molecular weight excluding hydrogens is 366 g/mol. The monoisotopic (exact) mass is 393 g/mol. The van der Waals surface area contributed by atoms with Gasteiger partial charge in [0.05, 0.1) is 14.4 Å². The fourth-order valence-electron chi connectivity index (χ4n) is 3.29. The molecule has 10 radical (unpaired) electrons. The number of hydrogen-bond donors (Lipinski definition) is 0. The molecule has 0 saturated carbocycles. The van der Waals surface area contributed by atoms with Gasteiger partial charge in [0.1, 0.15) is 11.2 Å². The van der Waals surface area contributed by atoms with Crippen molar-refractivity contribution < 1.29 is 19.1 Å². The second-order valence-electron chi connectivity index (χ2n) is 9.75. The van der Waals surface area contributed by atoms with Gasteiger partial charge in [-0.2, -0.15) is 0 Å². The van der Waals surface area contributed by atoms with Gasteiger partial charge < -0.3 is 9.47 Å². The number of ether oxygens (including phenoxy) is 2. The first kappa shape index (κ1) is 25.6. The molecule has 30 heavy (non-hydrogen) atoms. The molecule has 2 saturated heterocycles.